The Labute approximate surface area is 146 Å². The van der Waals surface area contributed by atoms with Gasteiger partial charge in [0, 0.05) is 13.3 Å². The van der Waals surface area contributed by atoms with E-state index in [9.17, 15) is 14.4 Å². The molecule has 0 radical (unpaired) electrons. The van der Waals surface area contributed by atoms with Gasteiger partial charge in [-0.3, -0.25) is 19.5 Å². The van der Waals surface area contributed by atoms with Crippen LogP contribution in [0.25, 0.3) is 5.57 Å². The van der Waals surface area contributed by atoms with Gasteiger partial charge in [-0.25, -0.2) is 4.79 Å². The van der Waals surface area contributed by atoms with Crippen LogP contribution in [0.4, 0.5) is 4.79 Å². The summed E-state index contributed by atoms with van der Waals surface area (Å²) in [6, 6.07) is 5.40. The maximum Gasteiger partial charge on any atom is 0.325 e. The number of nitrogens with zero attached hydrogens (tertiary/aromatic N) is 2. The van der Waals surface area contributed by atoms with E-state index in [1.165, 1.54) is 6.92 Å². The molecule has 1 fully saturated rings. The van der Waals surface area contributed by atoms with E-state index >= 15 is 0 Å². The zero-order valence-electron chi connectivity index (χ0n) is 14.6. The molecule has 1 heterocycles. The van der Waals surface area contributed by atoms with Gasteiger partial charge < -0.3 is 5.32 Å². The number of rotatable bonds is 4. The number of aliphatic imine (C=N–C) groups is 1. The van der Waals surface area contributed by atoms with Gasteiger partial charge in [0.05, 0.1) is 6.54 Å². The number of amides is 3. The average Bonchev–Trinajstić information content (AvgIpc) is 3.05. The van der Waals surface area contributed by atoms with E-state index in [-0.39, 0.29) is 18.2 Å². The van der Waals surface area contributed by atoms with Crippen LogP contribution in [0.15, 0.2) is 29.3 Å². The fraction of sp³-hybridized carbons (Fsp3) is 0.368. The maximum absolute atomic E-state index is 12.9. The molecule has 1 saturated heterocycles. The lowest BCUT2D eigenvalue weighted by Gasteiger charge is -2.22. The van der Waals surface area contributed by atoms with Gasteiger partial charge in [-0.2, -0.15) is 0 Å². The number of Topliss-reactive ketones (excluding diaryl/α,β-unsaturated/α-hetero) is 1. The molecule has 0 bridgehead atoms. The van der Waals surface area contributed by atoms with Gasteiger partial charge in [0.25, 0.3) is 5.91 Å². The van der Waals surface area contributed by atoms with Crippen LogP contribution in [0.1, 0.15) is 37.0 Å². The van der Waals surface area contributed by atoms with Crippen LogP contribution in [0, 0.1) is 0 Å². The molecule has 1 atom stereocenters. The number of allylic oxidation sites excluding steroid dienone is 2. The second-order valence-corrected chi connectivity index (χ2v) is 6.43. The van der Waals surface area contributed by atoms with Crippen LogP contribution >= 0.6 is 0 Å². The minimum atomic E-state index is -1.03. The molecule has 1 spiro atoms. The number of nitrogens with one attached hydrogen (secondary N) is 1. The summed E-state index contributed by atoms with van der Waals surface area (Å²) in [4.78, 5) is 41.5. The Bertz CT molecular complexity index is 825. The summed E-state index contributed by atoms with van der Waals surface area (Å²) in [6.07, 6.45) is 4.99. The standard InChI is InChI=1S/C19H21N3O3/c1-4-13(10-20-3)14-5-6-16-15(9-14)7-8-19(16)17(24)22(11-12(2)23)18(25)21-19/h4-6,9-10H,7-8,11H2,1-3H3,(H,21,25)/b13-4+,20-10-/t19-/m1/s1. The molecule has 1 aliphatic heterocycles. The van der Waals surface area contributed by atoms with Gasteiger partial charge in [0.1, 0.15) is 11.3 Å². The largest absolute Gasteiger partial charge is 0.325 e. The highest BCUT2D eigenvalue weighted by Crippen LogP contribution is 2.42. The molecule has 0 saturated carbocycles. The first-order chi connectivity index (χ1) is 11.9. The number of benzene rings is 1. The van der Waals surface area contributed by atoms with Crippen molar-refractivity contribution in [2.45, 2.75) is 32.2 Å². The number of hydrogen-bond acceptors (Lipinski definition) is 4. The molecule has 3 amide bonds. The summed E-state index contributed by atoms with van der Waals surface area (Å²) in [5.41, 5.74) is 2.87. The molecule has 2 aliphatic rings. The van der Waals surface area contributed by atoms with Crippen LogP contribution in [0.3, 0.4) is 0 Å². The number of fused-ring (bicyclic) bond motifs is 2. The lowest BCUT2D eigenvalue weighted by Crippen LogP contribution is -2.42. The van der Waals surface area contributed by atoms with Gasteiger partial charge in [0.15, 0.2) is 0 Å². The lowest BCUT2D eigenvalue weighted by molar-refractivity contribution is -0.134. The highest BCUT2D eigenvalue weighted by molar-refractivity contribution is 6.11. The van der Waals surface area contributed by atoms with Crippen molar-refractivity contribution >= 4 is 29.5 Å². The van der Waals surface area contributed by atoms with E-state index in [0.717, 1.165) is 27.2 Å². The zero-order chi connectivity index (χ0) is 18.2. The van der Waals surface area contributed by atoms with Crippen molar-refractivity contribution in [2.75, 3.05) is 13.6 Å². The van der Waals surface area contributed by atoms with E-state index in [4.69, 9.17) is 0 Å². The van der Waals surface area contributed by atoms with Crippen molar-refractivity contribution in [1.82, 2.24) is 10.2 Å². The number of ketones is 1. The van der Waals surface area contributed by atoms with E-state index in [0.29, 0.717) is 12.8 Å². The molecule has 1 aromatic rings. The first kappa shape index (κ1) is 17.1. The first-order valence-corrected chi connectivity index (χ1v) is 8.28. The Morgan fingerprint density at radius 2 is 2.16 bits per heavy atom. The summed E-state index contributed by atoms with van der Waals surface area (Å²) in [6.45, 7) is 3.13. The van der Waals surface area contributed by atoms with Gasteiger partial charge >= 0.3 is 6.03 Å². The molecular formula is C19H21N3O3. The third-order valence-electron chi connectivity index (χ3n) is 4.80. The van der Waals surface area contributed by atoms with Crippen molar-refractivity contribution in [3.05, 3.63) is 41.0 Å². The monoisotopic (exact) mass is 339 g/mol. The highest BCUT2D eigenvalue weighted by Gasteiger charge is 2.55. The summed E-state index contributed by atoms with van der Waals surface area (Å²) in [5.74, 6) is -0.550. The van der Waals surface area contributed by atoms with Gasteiger partial charge in [-0.1, -0.05) is 24.3 Å². The molecular weight excluding hydrogens is 318 g/mol. The average molecular weight is 339 g/mol. The number of carbonyl (C=O) groups excluding carboxylic acids is 3. The Balaban J connectivity index is 1.99. The lowest BCUT2D eigenvalue weighted by atomic mass is 9.90. The minimum absolute atomic E-state index is 0.185. The van der Waals surface area contributed by atoms with E-state index in [2.05, 4.69) is 10.3 Å². The number of aryl methyl sites for hydroxylation is 1. The van der Waals surface area contributed by atoms with Crippen molar-refractivity contribution < 1.29 is 14.4 Å². The van der Waals surface area contributed by atoms with Crippen LogP contribution in [-0.2, 0) is 21.5 Å². The molecule has 0 unspecified atom stereocenters. The third kappa shape index (κ3) is 2.67. The SMILES string of the molecule is C/C=C(\C=N/C)c1ccc2c(c1)CC[C@@]21NC(=O)N(CC(C)=O)C1=O. The van der Waals surface area contributed by atoms with Gasteiger partial charge in [0.2, 0.25) is 0 Å². The second-order valence-electron chi connectivity index (χ2n) is 6.43. The van der Waals surface area contributed by atoms with Crippen molar-refractivity contribution in [1.29, 1.82) is 0 Å². The van der Waals surface area contributed by atoms with Crippen LogP contribution in [0.5, 0.6) is 0 Å². The number of hydrogen-bond donors (Lipinski definition) is 1. The molecule has 0 aromatic heterocycles. The molecule has 1 N–H and O–H groups in total. The molecule has 1 aliphatic carbocycles. The van der Waals surface area contributed by atoms with Crippen molar-refractivity contribution in [3.8, 4) is 0 Å². The minimum Gasteiger partial charge on any atom is -0.319 e. The fourth-order valence-corrected chi connectivity index (χ4v) is 3.65. The molecule has 6 nitrogen and oxygen atoms in total. The maximum atomic E-state index is 12.9. The summed E-state index contributed by atoms with van der Waals surface area (Å²) >= 11 is 0. The van der Waals surface area contributed by atoms with Crippen LogP contribution in [-0.4, -0.2) is 42.4 Å². The Morgan fingerprint density at radius 1 is 1.40 bits per heavy atom. The first-order valence-electron chi connectivity index (χ1n) is 8.28. The van der Waals surface area contributed by atoms with Crippen LogP contribution < -0.4 is 5.32 Å². The predicted molar refractivity (Wildman–Crippen MR) is 95.4 cm³/mol. The van der Waals surface area contributed by atoms with Gasteiger partial charge in [-0.05, 0) is 49.0 Å². The number of urea groups is 1. The van der Waals surface area contributed by atoms with Crippen molar-refractivity contribution in [3.63, 3.8) is 0 Å². The van der Waals surface area contributed by atoms with Gasteiger partial charge in [-0.15, -0.1) is 0 Å². The third-order valence-corrected chi connectivity index (χ3v) is 4.80. The summed E-state index contributed by atoms with van der Waals surface area (Å²) < 4.78 is 0. The normalized spacial score (nSPS) is 22.8. The smallest absolute Gasteiger partial charge is 0.319 e. The Hall–Kier alpha value is -2.76. The highest BCUT2D eigenvalue weighted by atomic mass is 16.2. The molecule has 3 rings (SSSR count). The Morgan fingerprint density at radius 3 is 2.80 bits per heavy atom. The second kappa shape index (κ2) is 6.27. The summed E-state index contributed by atoms with van der Waals surface area (Å²) in [7, 11) is 1.72. The molecule has 1 aromatic carbocycles. The van der Waals surface area contributed by atoms with E-state index < -0.39 is 11.6 Å². The van der Waals surface area contributed by atoms with E-state index in [1.54, 1.807) is 13.3 Å². The van der Waals surface area contributed by atoms with E-state index in [1.807, 2.05) is 31.2 Å². The fourth-order valence-electron chi connectivity index (χ4n) is 3.65. The number of carbonyl (C=O) groups is 3. The Kier molecular flexibility index (Phi) is 4.29. The zero-order valence-corrected chi connectivity index (χ0v) is 14.6. The van der Waals surface area contributed by atoms with Crippen molar-refractivity contribution in [2.24, 2.45) is 4.99 Å². The predicted octanol–water partition coefficient (Wildman–Crippen LogP) is 2.07. The van der Waals surface area contributed by atoms with Crippen LogP contribution in [0.2, 0.25) is 0 Å². The molecule has 25 heavy (non-hydrogen) atoms. The molecule has 130 valence electrons. The molecule has 6 heteroatoms. The number of imide groups is 1. The topological polar surface area (TPSA) is 78.8 Å². The quantitative estimate of drug-likeness (QED) is 0.674. The summed E-state index contributed by atoms with van der Waals surface area (Å²) in [5, 5.41) is 2.82.